The van der Waals surface area contributed by atoms with Crippen LogP contribution in [0.3, 0.4) is 0 Å². The molecule has 3 rings (SSSR count). The largest absolute Gasteiger partial charge is 0.326 e. The summed E-state index contributed by atoms with van der Waals surface area (Å²) in [4.78, 5) is 39.2. The molecular weight excluding hydrogens is 384 g/mol. The normalized spacial score (nSPS) is 14.1. The number of anilines is 1. The Morgan fingerprint density at radius 2 is 1.67 bits per heavy atom. The second-order valence-corrected chi connectivity index (χ2v) is 7.39. The average Bonchev–Trinajstić information content (AvgIpc) is 2.87. The van der Waals surface area contributed by atoms with Crippen molar-refractivity contribution < 1.29 is 14.4 Å². The molecule has 0 radical (unpaired) electrons. The number of carbonyl (C=O) groups is 3. The Hall–Kier alpha value is -2.57. The smallest absolute Gasteiger partial charge is 0.268 e. The quantitative estimate of drug-likeness (QED) is 0.764. The van der Waals surface area contributed by atoms with Crippen molar-refractivity contribution >= 4 is 52.3 Å². The maximum Gasteiger partial charge on any atom is 0.268 e. The van der Waals surface area contributed by atoms with Crippen molar-refractivity contribution in [2.45, 2.75) is 18.7 Å². The molecule has 5 nitrogen and oxygen atoms in total. The van der Waals surface area contributed by atoms with Gasteiger partial charge in [-0.05, 0) is 48.9 Å². The molecule has 0 atom stereocenters. The second kappa shape index (κ2) is 7.98. The molecule has 0 fully saturated rings. The van der Waals surface area contributed by atoms with Crippen LogP contribution in [-0.2, 0) is 14.4 Å². The minimum atomic E-state index is -0.314. The number of carbonyl (C=O) groups excluding carboxylic acids is 3. The zero-order valence-electron chi connectivity index (χ0n) is 14.8. The Morgan fingerprint density at radius 3 is 2.22 bits per heavy atom. The molecule has 1 aliphatic heterocycles. The maximum atomic E-state index is 12.8. The predicted octanol–water partition coefficient (Wildman–Crippen LogP) is 4.19. The van der Waals surface area contributed by atoms with Crippen LogP contribution in [0.1, 0.15) is 19.4 Å². The topological polar surface area (TPSA) is 66.5 Å². The highest BCUT2D eigenvalue weighted by Gasteiger charge is 2.38. The van der Waals surface area contributed by atoms with Crippen molar-refractivity contribution in [1.29, 1.82) is 0 Å². The fraction of sp³-hybridized carbons (Fsp3) is 0.150. The highest BCUT2D eigenvalue weighted by atomic mass is 35.5. The number of likely N-dealkylation sites (N-methyl/N-ethyl adjacent to an activating group) is 1. The minimum absolute atomic E-state index is 0.176. The number of rotatable bonds is 5. The summed E-state index contributed by atoms with van der Waals surface area (Å²) in [5, 5.41) is 3.29. The molecule has 2 aromatic carbocycles. The van der Waals surface area contributed by atoms with Crippen LogP contribution in [0, 0.1) is 0 Å². The zero-order valence-corrected chi connectivity index (χ0v) is 16.4. The zero-order chi connectivity index (χ0) is 19.6. The third-order valence-corrected chi connectivity index (χ3v) is 5.31. The number of nitrogens with one attached hydrogen (secondary N) is 1. The number of halogens is 1. The molecule has 0 saturated heterocycles. The lowest BCUT2D eigenvalue weighted by Crippen LogP contribution is -2.31. The lowest BCUT2D eigenvalue weighted by atomic mass is 10.1. The van der Waals surface area contributed by atoms with Gasteiger partial charge in [-0.1, -0.05) is 35.5 Å². The first-order valence-corrected chi connectivity index (χ1v) is 9.52. The van der Waals surface area contributed by atoms with Crippen molar-refractivity contribution in [3.63, 3.8) is 0 Å². The van der Waals surface area contributed by atoms with E-state index in [1.807, 2.05) is 12.1 Å². The predicted molar refractivity (Wildman–Crippen MR) is 107 cm³/mol. The lowest BCUT2D eigenvalue weighted by Gasteiger charge is -2.11. The molecule has 138 valence electrons. The van der Waals surface area contributed by atoms with Crippen molar-refractivity contribution in [2.75, 3.05) is 11.9 Å². The van der Waals surface area contributed by atoms with Gasteiger partial charge >= 0.3 is 0 Å². The molecule has 1 N–H and O–H groups in total. The van der Waals surface area contributed by atoms with Gasteiger partial charge in [0.1, 0.15) is 0 Å². The van der Waals surface area contributed by atoms with E-state index in [1.165, 1.54) is 23.6 Å². The van der Waals surface area contributed by atoms with Gasteiger partial charge in [-0.25, -0.2) is 0 Å². The highest BCUT2D eigenvalue weighted by molar-refractivity contribution is 8.04. The van der Waals surface area contributed by atoms with Gasteiger partial charge < -0.3 is 5.32 Å². The Bertz CT molecular complexity index is 937. The van der Waals surface area contributed by atoms with Crippen LogP contribution in [0.5, 0.6) is 0 Å². The third kappa shape index (κ3) is 4.07. The fourth-order valence-corrected chi connectivity index (χ4v) is 3.87. The SMILES string of the molecule is CCN1C(=O)C(Sc2ccc(Cl)cc2)=C(c2ccc(NC(C)=O)cc2)C1=O. The van der Waals surface area contributed by atoms with Crippen LogP contribution in [0.15, 0.2) is 58.3 Å². The molecule has 7 heteroatoms. The number of imide groups is 1. The first kappa shape index (κ1) is 19.2. The molecule has 3 amide bonds. The van der Waals surface area contributed by atoms with Crippen molar-refractivity contribution in [3.05, 3.63) is 64.0 Å². The molecule has 0 bridgehead atoms. The first-order chi connectivity index (χ1) is 12.9. The standard InChI is InChI=1S/C20H17ClN2O3S/c1-3-23-19(25)17(13-4-8-15(9-5-13)22-12(2)24)18(20(23)26)27-16-10-6-14(21)7-11-16/h4-11H,3H2,1-2H3,(H,22,24). The summed E-state index contributed by atoms with van der Waals surface area (Å²) in [6.07, 6.45) is 0. The van der Waals surface area contributed by atoms with Crippen LogP contribution >= 0.6 is 23.4 Å². The van der Waals surface area contributed by atoms with Crippen LogP contribution in [-0.4, -0.2) is 29.2 Å². The molecule has 27 heavy (non-hydrogen) atoms. The van der Waals surface area contributed by atoms with E-state index in [1.54, 1.807) is 43.3 Å². The van der Waals surface area contributed by atoms with Gasteiger partial charge in [0.25, 0.3) is 11.8 Å². The van der Waals surface area contributed by atoms with Gasteiger partial charge in [-0.2, -0.15) is 0 Å². The summed E-state index contributed by atoms with van der Waals surface area (Å²) >= 11 is 7.17. The summed E-state index contributed by atoms with van der Waals surface area (Å²) in [5.41, 5.74) is 1.63. The van der Waals surface area contributed by atoms with E-state index in [9.17, 15) is 14.4 Å². The molecule has 0 aromatic heterocycles. The van der Waals surface area contributed by atoms with E-state index in [0.29, 0.717) is 33.3 Å². The van der Waals surface area contributed by atoms with E-state index in [4.69, 9.17) is 11.6 Å². The van der Waals surface area contributed by atoms with Crippen molar-refractivity contribution in [1.82, 2.24) is 4.90 Å². The number of hydrogen-bond acceptors (Lipinski definition) is 4. The van der Waals surface area contributed by atoms with E-state index in [-0.39, 0.29) is 17.7 Å². The van der Waals surface area contributed by atoms with E-state index in [2.05, 4.69) is 5.32 Å². The summed E-state index contributed by atoms with van der Waals surface area (Å²) in [6.45, 7) is 3.49. The molecule has 2 aromatic rings. The molecule has 0 saturated carbocycles. The molecule has 1 aliphatic rings. The van der Waals surface area contributed by atoms with Gasteiger partial charge in [-0.3, -0.25) is 19.3 Å². The van der Waals surface area contributed by atoms with Gasteiger partial charge in [0.2, 0.25) is 5.91 Å². The molecular formula is C20H17ClN2O3S. The van der Waals surface area contributed by atoms with Crippen LogP contribution in [0.4, 0.5) is 5.69 Å². The lowest BCUT2D eigenvalue weighted by molar-refractivity contribution is -0.136. The number of amides is 3. The number of hydrogen-bond donors (Lipinski definition) is 1. The number of thioether (sulfide) groups is 1. The van der Waals surface area contributed by atoms with Gasteiger partial charge in [0, 0.05) is 29.1 Å². The Labute approximate surface area is 166 Å². The highest BCUT2D eigenvalue weighted by Crippen LogP contribution is 2.40. The summed E-state index contributed by atoms with van der Waals surface area (Å²) in [5.74, 6) is -0.792. The summed E-state index contributed by atoms with van der Waals surface area (Å²) in [7, 11) is 0. The minimum Gasteiger partial charge on any atom is -0.326 e. The Morgan fingerprint density at radius 1 is 1.04 bits per heavy atom. The van der Waals surface area contributed by atoms with Gasteiger partial charge in [0.15, 0.2) is 0 Å². The molecule has 0 unspecified atom stereocenters. The second-order valence-electron chi connectivity index (χ2n) is 5.87. The van der Waals surface area contributed by atoms with Crippen LogP contribution in [0.2, 0.25) is 5.02 Å². The maximum absolute atomic E-state index is 12.8. The average molecular weight is 401 g/mol. The monoisotopic (exact) mass is 400 g/mol. The van der Waals surface area contributed by atoms with Gasteiger partial charge in [-0.15, -0.1) is 0 Å². The fourth-order valence-electron chi connectivity index (χ4n) is 2.73. The Kier molecular flexibility index (Phi) is 5.68. The van der Waals surface area contributed by atoms with Crippen LogP contribution in [0.25, 0.3) is 5.57 Å². The van der Waals surface area contributed by atoms with E-state index >= 15 is 0 Å². The Balaban J connectivity index is 2.01. The first-order valence-electron chi connectivity index (χ1n) is 8.32. The van der Waals surface area contributed by atoms with Gasteiger partial charge in [0.05, 0.1) is 10.5 Å². The molecule has 0 spiro atoms. The summed E-state index contributed by atoms with van der Waals surface area (Å²) in [6, 6.07) is 14.0. The molecule has 0 aliphatic carbocycles. The summed E-state index contributed by atoms with van der Waals surface area (Å²) < 4.78 is 0. The number of benzene rings is 2. The number of nitrogens with zero attached hydrogens (tertiary/aromatic N) is 1. The van der Waals surface area contributed by atoms with Crippen LogP contribution < -0.4 is 5.32 Å². The van der Waals surface area contributed by atoms with Crippen molar-refractivity contribution in [3.8, 4) is 0 Å². The molecule has 1 heterocycles. The van der Waals surface area contributed by atoms with Crippen molar-refractivity contribution in [2.24, 2.45) is 0 Å². The van der Waals surface area contributed by atoms with E-state index < -0.39 is 0 Å². The third-order valence-electron chi connectivity index (χ3n) is 3.97. The van der Waals surface area contributed by atoms with E-state index in [0.717, 1.165) is 4.90 Å².